The fraction of sp³-hybridized carbons (Fsp3) is 0.333. The molecule has 1 aromatic carbocycles. The number of sulfone groups is 1. The molecule has 1 rings (SSSR count). The van der Waals surface area contributed by atoms with Crippen LogP contribution in [0, 0.1) is 12.3 Å². The minimum Gasteiger partial charge on any atom is -0.385 e. The molecule has 0 radical (unpaired) electrons. The minimum absolute atomic E-state index is 0.335. The standard InChI is InChI=1S/C12H15NO2S/c1-3-4-5-10-13-11-6-8-12(9-7-11)16(2,14)15/h1,6-9,13H,4-5,10H2,2H3. The summed E-state index contributed by atoms with van der Waals surface area (Å²) < 4.78 is 22.4. The zero-order valence-electron chi connectivity index (χ0n) is 9.23. The molecule has 0 aliphatic rings. The van der Waals surface area contributed by atoms with E-state index in [-0.39, 0.29) is 0 Å². The van der Waals surface area contributed by atoms with Crippen molar-refractivity contribution in [1.29, 1.82) is 0 Å². The second kappa shape index (κ2) is 5.57. The molecule has 0 fully saturated rings. The Morgan fingerprint density at radius 1 is 1.31 bits per heavy atom. The van der Waals surface area contributed by atoms with Gasteiger partial charge in [-0.3, -0.25) is 0 Å². The molecule has 16 heavy (non-hydrogen) atoms. The van der Waals surface area contributed by atoms with Crippen LogP contribution in [-0.4, -0.2) is 21.2 Å². The second-order valence-electron chi connectivity index (χ2n) is 3.53. The third-order valence-corrected chi connectivity index (χ3v) is 3.24. The van der Waals surface area contributed by atoms with Gasteiger partial charge in [0, 0.05) is 24.9 Å². The normalized spacial score (nSPS) is 10.8. The minimum atomic E-state index is -3.10. The largest absolute Gasteiger partial charge is 0.385 e. The number of hydrogen-bond acceptors (Lipinski definition) is 3. The van der Waals surface area contributed by atoms with Crippen LogP contribution in [0.5, 0.6) is 0 Å². The monoisotopic (exact) mass is 237 g/mol. The van der Waals surface area contributed by atoms with Crippen molar-refractivity contribution in [2.75, 3.05) is 18.1 Å². The maximum atomic E-state index is 11.2. The topological polar surface area (TPSA) is 46.2 Å². The number of rotatable bonds is 5. The van der Waals surface area contributed by atoms with Crippen LogP contribution in [-0.2, 0) is 9.84 Å². The molecule has 0 atom stereocenters. The van der Waals surface area contributed by atoms with Crippen molar-refractivity contribution in [3.8, 4) is 12.3 Å². The van der Waals surface area contributed by atoms with Crippen LogP contribution in [0.1, 0.15) is 12.8 Å². The first kappa shape index (κ1) is 12.6. The third kappa shape index (κ3) is 3.95. The number of nitrogens with one attached hydrogen (secondary N) is 1. The van der Waals surface area contributed by atoms with Crippen LogP contribution in [0.2, 0.25) is 0 Å². The molecule has 0 spiro atoms. The molecule has 1 N–H and O–H groups in total. The zero-order chi connectivity index (χ0) is 12.0. The Balaban J connectivity index is 2.56. The Hall–Kier alpha value is -1.47. The summed E-state index contributed by atoms with van der Waals surface area (Å²) >= 11 is 0. The summed E-state index contributed by atoms with van der Waals surface area (Å²) in [5, 5.41) is 3.17. The predicted molar refractivity (Wildman–Crippen MR) is 66.1 cm³/mol. The zero-order valence-corrected chi connectivity index (χ0v) is 10.0. The summed E-state index contributed by atoms with van der Waals surface area (Å²) in [7, 11) is -3.10. The van der Waals surface area contributed by atoms with E-state index in [2.05, 4.69) is 11.2 Å². The highest BCUT2D eigenvalue weighted by Crippen LogP contribution is 2.13. The van der Waals surface area contributed by atoms with Gasteiger partial charge in [0.25, 0.3) is 0 Å². The van der Waals surface area contributed by atoms with Crippen LogP contribution >= 0.6 is 0 Å². The molecule has 86 valence electrons. The highest BCUT2D eigenvalue weighted by Gasteiger charge is 2.05. The van der Waals surface area contributed by atoms with E-state index in [1.54, 1.807) is 24.3 Å². The molecule has 0 heterocycles. The van der Waals surface area contributed by atoms with Gasteiger partial charge in [0.1, 0.15) is 0 Å². The Labute approximate surface area is 96.8 Å². The summed E-state index contributed by atoms with van der Waals surface area (Å²) in [6, 6.07) is 6.70. The van der Waals surface area contributed by atoms with E-state index in [0.717, 1.165) is 25.1 Å². The molecule has 3 nitrogen and oxygen atoms in total. The van der Waals surface area contributed by atoms with Crippen molar-refractivity contribution in [3.63, 3.8) is 0 Å². The summed E-state index contributed by atoms with van der Waals surface area (Å²) in [6.45, 7) is 0.794. The summed E-state index contributed by atoms with van der Waals surface area (Å²) in [5.41, 5.74) is 0.907. The second-order valence-corrected chi connectivity index (χ2v) is 5.55. The Kier molecular flexibility index (Phi) is 4.39. The van der Waals surface area contributed by atoms with Gasteiger partial charge >= 0.3 is 0 Å². The van der Waals surface area contributed by atoms with Crippen LogP contribution in [0.15, 0.2) is 29.2 Å². The van der Waals surface area contributed by atoms with Crippen molar-refractivity contribution in [3.05, 3.63) is 24.3 Å². The van der Waals surface area contributed by atoms with Crippen molar-refractivity contribution >= 4 is 15.5 Å². The van der Waals surface area contributed by atoms with Crippen molar-refractivity contribution < 1.29 is 8.42 Å². The number of hydrogen-bond donors (Lipinski definition) is 1. The Morgan fingerprint density at radius 3 is 2.44 bits per heavy atom. The van der Waals surface area contributed by atoms with Gasteiger partial charge in [0.15, 0.2) is 9.84 Å². The van der Waals surface area contributed by atoms with Crippen LogP contribution in [0.25, 0.3) is 0 Å². The Morgan fingerprint density at radius 2 is 1.94 bits per heavy atom. The Bertz CT molecular complexity index is 469. The fourth-order valence-electron chi connectivity index (χ4n) is 1.24. The van der Waals surface area contributed by atoms with Crippen molar-refractivity contribution in [2.24, 2.45) is 0 Å². The molecule has 1 aromatic rings. The maximum absolute atomic E-state index is 11.2. The van der Waals surface area contributed by atoms with E-state index in [0.29, 0.717) is 4.90 Å². The summed E-state index contributed by atoms with van der Waals surface area (Å²) in [4.78, 5) is 0.335. The highest BCUT2D eigenvalue weighted by atomic mass is 32.2. The number of unbranched alkanes of at least 4 members (excludes halogenated alkanes) is 1. The van der Waals surface area contributed by atoms with Gasteiger partial charge in [-0.05, 0) is 30.7 Å². The average Bonchev–Trinajstić information content (AvgIpc) is 2.24. The first-order valence-corrected chi connectivity index (χ1v) is 6.90. The molecule has 0 aromatic heterocycles. The van der Waals surface area contributed by atoms with Crippen molar-refractivity contribution in [1.82, 2.24) is 0 Å². The molecule has 0 bridgehead atoms. The molecule has 0 amide bonds. The van der Waals surface area contributed by atoms with Crippen molar-refractivity contribution in [2.45, 2.75) is 17.7 Å². The summed E-state index contributed by atoms with van der Waals surface area (Å²) in [6.07, 6.45) is 7.98. The van der Waals surface area contributed by atoms with Gasteiger partial charge in [-0.15, -0.1) is 12.3 Å². The average molecular weight is 237 g/mol. The molecular formula is C12H15NO2S. The van der Waals surface area contributed by atoms with E-state index in [9.17, 15) is 8.42 Å². The molecule has 0 unspecified atom stereocenters. The molecular weight excluding hydrogens is 222 g/mol. The van der Waals surface area contributed by atoms with E-state index in [1.165, 1.54) is 6.26 Å². The lowest BCUT2D eigenvalue weighted by Crippen LogP contribution is -2.02. The molecule has 0 saturated heterocycles. The number of terminal acetylenes is 1. The van der Waals surface area contributed by atoms with E-state index in [4.69, 9.17) is 6.42 Å². The molecule has 0 aliphatic heterocycles. The quantitative estimate of drug-likeness (QED) is 0.628. The summed E-state index contributed by atoms with van der Waals surface area (Å²) in [5.74, 6) is 2.56. The first-order chi connectivity index (χ1) is 7.54. The van der Waals surface area contributed by atoms with Gasteiger partial charge in [-0.1, -0.05) is 0 Å². The fourth-order valence-corrected chi connectivity index (χ4v) is 1.87. The smallest absolute Gasteiger partial charge is 0.175 e. The lowest BCUT2D eigenvalue weighted by atomic mass is 10.3. The third-order valence-electron chi connectivity index (χ3n) is 2.11. The lowest BCUT2D eigenvalue weighted by Gasteiger charge is -2.05. The number of benzene rings is 1. The predicted octanol–water partition coefficient (Wildman–Crippen LogP) is 1.92. The van der Waals surface area contributed by atoms with Crippen LogP contribution < -0.4 is 5.32 Å². The SMILES string of the molecule is C#CCCCNc1ccc(S(C)(=O)=O)cc1. The maximum Gasteiger partial charge on any atom is 0.175 e. The van der Waals surface area contributed by atoms with Gasteiger partial charge in [0.05, 0.1) is 4.90 Å². The molecule has 0 aliphatic carbocycles. The van der Waals surface area contributed by atoms with Gasteiger partial charge in [-0.2, -0.15) is 0 Å². The van der Waals surface area contributed by atoms with Gasteiger partial charge in [0.2, 0.25) is 0 Å². The first-order valence-electron chi connectivity index (χ1n) is 5.01. The van der Waals surface area contributed by atoms with E-state index in [1.807, 2.05) is 0 Å². The highest BCUT2D eigenvalue weighted by molar-refractivity contribution is 7.90. The number of anilines is 1. The molecule has 4 heteroatoms. The van der Waals surface area contributed by atoms with Crippen LogP contribution in [0.3, 0.4) is 0 Å². The van der Waals surface area contributed by atoms with E-state index < -0.39 is 9.84 Å². The lowest BCUT2D eigenvalue weighted by molar-refractivity contribution is 0.602. The van der Waals surface area contributed by atoms with E-state index >= 15 is 0 Å². The van der Waals surface area contributed by atoms with Crippen LogP contribution in [0.4, 0.5) is 5.69 Å². The van der Waals surface area contributed by atoms with Gasteiger partial charge in [-0.25, -0.2) is 8.42 Å². The van der Waals surface area contributed by atoms with Gasteiger partial charge < -0.3 is 5.32 Å². The molecule has 0 saturated carbocycles.